The number of benzene rings is 1. The van der Waals surface area contributed by atoms with E-state index in [1.807, 2.05) is 12.1 Å². The fourth-order valence-corrected chi connectivity index (χ4v) is 5.78. The van der Waals surface area contributed by atoms with Crippen LogP contribution in [0.4, 0.5) is 0 Å². The van der Waals surface area contributed by atoms with Crippen LogP contribution in [-0.2, 0) is 0 Å². The van der Waals surface area contributed by atoms with Gasteiger partial charge in [-0.15, -0.1) is 0 Å². The van der Waals surface area contributed by atoms with E-state index in [0.717, 1.165) is 31.1 Å². The van der Waals surface area contributed by atoms with Crippen molar-refractivity contribution in [3.8, 4) is 5.75 Å². The van der Waals surface area contributed by atoms with Gasteiger partial charge in [-0.3, -0.25) is 0 Å². The second-order valence-electron chi connectivity index (χ2n) is 9.45. The molecule has 0 spiro atoms. The van der Waals surface area contributed by atoms with Gasteiger partial charge in [0.15, 0.2) is 0 Å². The first kappa shape index (κ1) is 19.3. The first-order valence-corrected chi connectivity index (χ1v) is 10.2. The van der Waals surface area contributed by atoms with Gasteiger partial charge in [0.25, 0.3) is 0 Å². The van der Waals surface area contributed by atoms with Gasteiger partial charge in [-0.05, 0) is 60.6 Å². The molecule has 0 saturated heterocycles. The standard InChI is InChI=1S/C24H30O4/c1-15-5-9-20-23(2,3)21(25)11-12-24(20,4)18(15)14-27-17-8-6-16-7-10-22(26)28-19(16)13-17/h6-8,10,13,18,20-21,25H,1,5,9,11-12,14H2,2-4H3/t18-,20?,21?,24?/m1/s1. The van der Waals surface area contributed by atoms with E-state index in [0.29, 0.717) is 23.9 Å². The van der Waals surface area contributed by atoms with Gasteiger partial charge < -0.3 is 14.3 Å². The molecule has 2 aliphatic carbocycles. The van der Waals surface area contributed by atoms with E-state index in [2.05, 4.69) is 27.4 Å². The summed E-state index contributed by atoms with van der Waals surface area (Å²) in [6, 6.07) is 8.80. The summed E-state index contributed by atoms with van der Waals surface area (Å²) in [7, 11) is 0. The van der Waals surface area contributed by atoms with E-state index in [1.54, 1.807) is 12.1 Å². The average Bonchev–Trinajstić information content (AvgIpc) is 2.64. The number of hydrogen-bond donors (Lipinski definition) is 1. The maximum absolute atomic E-state index is 11.5. The predicted molar refractivity (Wildman–Crippen MR) is 110 cm³/mol. The first-order chi connectivity index (χ1) is 13.2. The number of hydrogen-bond acceptors (Lipinski definition) is 4. The zero-order chi connectivity index (χ0) is 20.1. The highest BCUT2D eigenvalue weighted by Crippen LogP contribution is 2.60. The van der Waals surface area contributed by atoms with E-state index in [1.165, 1.54) is 11.6 Å². The van der Waals surface area contributed by atoms with Crippen molar-refractivity contribution in [1.29, 1.82) is 0 Å². The van der Waals surface area contributed by atoms with Crippen LogP contribution in [-0.4, -0.2) is 17.8 Å². The summed E-state index contributed by atoms with van der Waals surface area (Å²) in [5.41, 5.74) is 1.40. The maximum Gasteiger partial charge on any atom is 0.336 e. The minimum absolute atomic E-state index is 0.0709. The third-order valence-corrected chi connectivity index (χ3v) is 7.56. The van der Waals surface area contributed by atoms with E-state index >= 15 is 0 Å². The molecule has 28 heavy (non-hydrogen) atoms. The fraction of sp³-hybridized carbons (Fsp3) is 0.542. The summed E-state index contributed by atoms with van der Waals surface area (Å²) in [4.78, 5) is 11.5. The van der Waals surface area contributed by atoms with Crippen molar-refractivity contribution in [3.05, 3.63) is 52.9 Å². The normalized spacial score (nSPS) is 32.1. The van der Waals surface area contributed by atoms with Crippen molar-refractivity contribution in [1.82, 2.24) is 0 Å². The number of fused-ring (bicyclic) bond motifs is 2. The van der Waals surface area contributed by atoms with Crippen molar-refractivity contribution < 1.29 is 14.3 Å². The molecule has 0 bridgehead atoms. The second-order valence-corrected chi connectivity index (χ2v) is 9.45. The molecular weight excluding hydrogens is 352 g/mol. The Bertz CT molecular complexity index is 956. The summed E-state index contributed by atoms with van der Waals surface area (Å²) in [6.07, 6.45) is 3.63. The Morgan fingerprint density at radius 1 is 1.21 bits per heavy atom. The molecule has 2 aliphatic rings. The van der Waals surface area contributed by atoms with E-state index in [-0.39, 0.29) is 28.5 Å². The topological polar surface area (TPSA) is 59.7 Å². The highest BCUT2D eigenvalue weighted by atomic mass is 16.5. The third-order valence-electron chi connectivity index (χ3n) is 7.56. The molecule has 0 amide bonds. The molecule has 150 valence electrons. The second kappa shape index (κ2) is 6.77. The lowest BCUT2D eigenvalue weighted by Crippen LogP contribution is -2.55. The third kappa shape index (κ3) is 3.08. The molecule has 2 aromatic rings. The summed E-state index contributed by atoms with van der Waals surface area (Å²) in [6.45, 7) is 11.7. The molecule has 0 aliphatic heterocycles. The lowest BCUT2D eigenvalue weighted by atomic mass is 9.47. The summed E-state index contributed by atoms with van der Waals surface area (Å²) >= 11 is 0. The minimum Gasteiger partial charge on any atom is -0.493 e. The summed E-state index contributed by atoms with van der Waals surface area (Å²) in [5.74, 6) is 1.39. The van der Waals surface area contributed by atoms with Crippen LogP contribution in [0.25, 0.3) is 11.0 Å². The van der Waals surface area contributed by atoms with Gasteiger partial charge >= 0.3 is 5.63 Å². The SMILES string of the molecule is C=C1CCC2C(C)(C)C(O)CCC2(C)[C@@H]1COc1ccc2ccc(=O)oc2c1. The van der Waals surface area contributed by atoms with Crippen LogP contribution in [0, 0.1) is 22.7 Å². The predicted octanol–water partition coefficient (Wildman–Crippen LogP) is 4.94. The quantitative estimate of drug-likeness (QED) is 0.603. The van der Waals surface area contributed by atoms with Crippen molar-refractivity contribution in [2.45, 2.75) is 52.6 Å². The minimum atomic E-state index is -0.358. The Kier molecular flexibility index (Phi) is 4.65. The van der Waals surface area contributed by atoms with Gasteiger partial charge in [0.2, 0.25) is 0 Å². The summed E-state index contributed by atoms with van der Waals surface area (Å²) < 4.78 is 11.5. The molecule has 1 aromatic carbocycles. The van der Waals surface area contributed by atoms with Crippen LogP contribution in [0.2, 0.25) is 0 Å². The molecule has 0 radical (unpaired) electrons. The number of rotatable bonds is 3. The number of ether oxygens (including phenoxy) is 1. The van der Waals surface area contributed by atoms with Gasteiger partial charge in [-0.2, -0.15) is 0 Å². The van der Waals surface area contributed by atoms with Crippen molar-refractivity contribution in [2.75, 3.05) is 6.61 Å². The Morgan fingerprint density at radius 3 is 2.75 bits per heavy atom. The Labute approximate surface area is 166 Å². The van der Waals surface area contributed by atoms with E-state index < -0.39 is 0 Å². The Morgan fingerprint density at radius 2 is 1.96 bits per heavy atom. The van der Waals surface area contributed by atoms with Gasteiger partial charge in [0.05, 0.1) is 12.7 Å². The van der Waals surface area contributed by atoms with E-state index in [9.17, 15) is 9.90 Å². The number of aliphatic hydroxyl groups is 1. The average molecular weight is 383 g/mol. The highest BCUT2D eigenvalue weighted by molar-refractivity contribution is 5.77. The molecule has 1 N–H and O–H groups in total. The monoisotopic (exact) mass is 382 g/mol. The van der Waals surface area contributed by atoms with Crippen molar-refractivity contribution in [3.63, 3.8) is 0 Å². The van der Waals surface area contributed by atoms with Crippen LogP contribution >= 0.6 is 0 Å². The molecule has 4 rings (SSSR count). The summed E-state index contributed by atoms with van der Waals surface area (Å²) in [5, 5.41) is 11.5. The van der Waals surface area contributed by atoms with Crippen LogP contribution in [0.1, 0.15) is 46.5 Å². The van der Waals surface area contributed by atoms with Crippen molar-refractivity contribution in [2.24, 2.45) is 22.7 Å². The smallest absolute Gasteiger partial charge is 0.336 e. The fourth-order valence-electron chi connectivity index (χ4n) is 5.78. The molecular formula is C24H30O4. The molecule has 3 unspecified atom stereocenters. The Hall–Kier alpha value is -2.07. The zero-order valence-electron chi connectivity index (χ0n) is 17.0. The molecule has 4 atom stereocenters. The largest absolute Gasteiger partial charge is 0.493 e. The molecule has 1 heterocycles. The highest BCUT2D eigenvalue weighted by Gasteiger charge is 2.56. The van der Waals surface area contributed by atoms with Crippen LogP contribution in [0.3, 0.4) is 0 Å². The maximum atomic E-state index is 11.5. The number of aliphatic hydroxyl groups excluding tert-OH is 1. The van der Waals surface area contributed by atoms with Gasteiger partial charge in [0.1, 0.15) is 11.3 Å². The molecule has 4 nitrogen and oxygen atoms in total. The lowest BCUT2D eigenvalue weighted by Gasteiger charge is -2.59. The van der Waals surface area contributed by atoms with Gasteiger partial charge in [-0.1, -0.05) is 32.9 Å². The van der Waals surface area contributed by atoms with Gasteiger partial charge in [-0.25, -0.2) is 4.79 Å². The molecule has 2 saturated carbocycles. The van der Waals surface area contributed by atoms with Crippen molar-refractivity contribution >= 4 is 11.0 Å². The molecule has 1 aromatic heterocycles. The van der Waals surface area contributed by atoms with E-state index in [4.69, 9.17) is 9.15 Å². The first-order valence-electron chi connectivity index (χ1n) is 10.2. The van der Waals surface area contributed by atoms with Gasteiger partial charge in [0, 0.05) is 23.4 Å². The molecule has 2 fully saturated rings. The zero-order valence-corrected chi connectivity index (χ0v) is 17.0. The van der Waals surface area contributed by atoms with Crippen LogP contribution < -0.4 is 10.4 Å². The van der Waals surface area contributed by atoms with Crippen LogP contribution in [0.5, 0.6) is 5.75 Å². The molecule has 4 heteroatoms. The lowest BCUT2D eigenvalue weighted by molar-refractivity contribution is -0.128. The Balaban J connectivity index is 1.58. The van der Waals surface area contributed by atoms with Crippen LogP contribution in [0.15, 0.2) is 51.7 Å².